The Kier molecular flexibility index (Phi) is 3.67. The highest BCUT2D eigenvalue weighted by Crippen LogP contribution is 2.27. The predicted molar refractivity (Wildman–Crippen MR) is 77.0 cm³/mol. The molecule has 1 aromatic carbocycles. The van der Waals surface area contributed by atoms with Gasteiger partial charge in [0.2, 0.25) is 5.89 Å². The van der Waals surface area contributed by atoms with Crippen LogP contribution in [-0.2, 0) is 6.42 Å². The van der Waals surface area contributed by atoms with Crippen molar-refractivity contribution in [3.8, 4) is 11.5 Å². The summed E-state index contributed by atoms with van der Waals surface area (Å²) in [5.41, 5.74) is 3.45. The van der Waals surface area contributed by atoms with Crippen LogP contribution in [0, 0.1) is 12.8 Å². The van der Waals surface area contributed by atoms with E-state index in [2.05, 4.69) is 29.2 Å². The van der Waals surface area contributed by atoms with Gasteiger partial charge in [0, 0.05) is 5.56 Å². The SMILES string of the molecule is Cc1coc(-c2ccc(CC3CCCCC3)cc2)n1. The monoisotopic (exact) mass is 255 g/mol. The lowest BCUT2D eigenvalue weighted by atomic mass is 9.85. The lowest BCUT2D eigenvalue weighted by Gasteiger charge is -2.21. The summed E-state index contributed by atoms with van der Waals surface area (Å²) in [4.78, 5) is 4.36. The van der Waals surface area contributed by atoms with Crippen LogP contribution >= 0.6 is 0 Å². The summed E-state index contributed by atoms with van der Waals surface area (Å²) in [6, 6.07) is 8.71. The molecule has 2 heteroatoms. The Labute approximate surface area is 114 Å². The van der Waals surface area contributed by atoms with E-state index in [9.17, 15) is 0 Å². The standard InChI is InChI=1S/C17H21NO/c1-13-12-19-17(18-13)16-9-7-15(8-10-16)11-14-5-3-2-4-6-14/h7-10,12,14H,2-6,11H2,1H3. The number of aromatic nitrogens is 1. The van der Waals surface area contributed by atoms with E-state index >= 15 is 0 Å². The van der Waals surface area contributed by atoms with Crippen LogP contribution in [0.4, 0.5) is 0 Å². The zero-order chi connectivity index (χ0) is 13.1. The van der Waals surface area contributed by atoms with Gasteiger partial charge in [0.25, 0.3) is 0 Å². The molecule has 3 rings (SSSR count). The maximum absolute atomic E-state index is 5.43. The fourth-order valence-corrected chi connectivity index (χ4v) is 2.99. The first-order chi connectivity index (χ1) is 9.31. The lowest BCUT2D eigenvalue weighted by Crippen LogP contribution is -2.09. The highest BCUT2D eigenvalue weighted by molar-refractivity contribution is 5.53. The molecule has 1 heterocycles. The first-order valence-corrected chi connectivity index (χ1v) is 7.33. The van der Waals surface area contributed by atoms with Crippen molar-refractivity contribution >= 4 is 0 Å². The fraction of sp³-hybridized carbons (Fsp3) is 0.471. The Morgan fingerprint density at radius 2 is 1.84 bits per heavy atom. The van der Waals surface area contributed by atoms with Gasteiger partial charge in [0.15, 0.2) is 0 Å². The van der Waals surface area contributed by atoms with Crippen molar-refractivity contribution in [3.05, 3.63) is 41.8 Å². The number of nitrogens with zero attached hydrogens (tertiary/aromatic N) is 1. The molecule has 2 aromatic rings. The molecule has 1 aromatic heterocycles. The van der Waals surface area contributed by atoms with Gasteiger partial charge in [-0.15, -0.1) is 0 Å². The molecule has 0 radical (unpaired) electrons. The van der Waals surface area contributed by atoms with Crippen molar-refractivity contribution in [3.63, 3.8) is 0 Å². The molecule has 1 fully saturated rings. The second-order valence-electron chi connectivity index (χ2n) is 5.70. The van der Waals surface area contributed by atoms with Crippen LogP contribution in [0.15, 0.2) is 34.9 Å². The molecule has 19 heavy (non-hydrogen) atoms. The molecule has 0 unspecified atom stereocenters. The third kappa shape index (κ3) is 3.06. The maximum atomic E-state index is 5.43. The molecular weight excluding hydrogens is 234 g/mol. The first-order valence-electron chi connectivity index (χ1n) is 7.33. The molecule has 100 valence electrons. The van der Waals surface area contributed by atoms with Gasteiger partial charge in [-0.1, -0.05) is 44.2 Å². The highest BCUT2D eigenvalue weighted by Gasteiger charge is 2.14. The summed E-state index contributed by atoms with van der Waals surface area (Å²) < 4.78 is 5.43. The topological polar surface area (TPSA) is 26.0 Å². The number of hydrogen-bond acceptors (Lipinski definition) is 2. The van der Waals surface area contributed by atoms with E-state index in [1.807, 2.05) is 6.92 Å². The highest BCUT2D eigenvalue weighted by atomic mass is 16.3. The number of aryl methyl sites for hydroxylation is 1. The molecule has 1 saturated carbocycles. The quantitative estimate of drug-likeness (QED) is 0.789. The molecule has 0 spiro atoms. The molecule has 1 aliphatic carbocycles. The molecule has 2 nitrogen and oxygen atoms in total. The van der Waals surface area contributed by atoms with Crippen molar-refractivity contribution in [2.45, 2.75) is 45.4 Å². The van der Waals surface area contributed by atoms with E-state index in [1.165, 1.54) is 44.1 Å². The van der Waals surface area contributed by atoms with E-state index < -0.39 is 0 Å². The van der Waals surface area contributed by atoms with Gasteiger partial charge in [-0.2, -0.15) is 0 Å². The van der Waals surface area contributed by atoms with Crippen molar-refractivity contribution in [2.24, 2.45) is 5.92 Å². The Hall–Kier alpha value is -1.57. The minimum absolute atomic E-state index is 0.724. The third-order valence-corrected chi connectivity index (χ3v) is 4.07. The second kappa shape index (κ2) is 5.60. The Balaban J connectivity index is 1.68. The van der Waals surface area contributed by atoms with Crippen LogP contribution in [0.1, 0.15) is 43.4 Å². The van der Waals surface area contributed by atoms with Crippen LogP contribution in [0.3, 0.4) is 0 Å². The van der Waals surface area contributed by atoms with Gasteiger partial charge < -0.3 is 4.42 Å². The van der Waals surface area contributed by atoms with E-state index in [0.717, 1.165) is 23.1 Å². The van der Waals surface area contributed by atoms with Crippen LogP contribution in [0.5, 0.6) is 0 Å². The third-order valence-electron chi connectivity index (χ3n) is 4.07. The van der Waals surface area contributed by atoms with Crippen molar-refractivity contribution < 1.29 is 4.42 Å². The average Bonchev–Trinajstić information content (AvgIpc) is 2.87. The number of oxazole rings is 1. The molecule has 0 atom stereocenters. The summed E-state index contributed by atoms with van der Waals surface area (Å²) in [5, 5.41) is 0. The van der Waals surface area contributed by atoms with Crippen molar-refractivity contribution in [1.82, 2.24) is 4.98 Å². The molecular formula is C17H21NO. The molecule has 0 amide bonds. The van der Waals surface area contributed by atoms with Crippen molar-refractivity contribution in [1.29, 1.82) is 0 Å². The predicted octanol–water partition coefficient (Wildman–Crippen LogP) is 4.77. The Bertz CT molecular complexity index is 520. The second-order valence-corrected chi connectivity index (χ2v) is 5.70. The normalized spacial score (nSPS) is 16.7. The van der Waals surface area contributed by atoms with Crippen LogP contribution in [0.2, 0.25) is 0 Å². The van der Waals surface area contributed by atoms with Crippen LogP contribution in [0.25, 0.3) is 11.5 Å². The number of hydrogen-bond donors (Lipinski definition) is 0. The Morgan fingerprint density at radius 1 is 1.11 bits per heavy atom. The zero-order valence-electron chi connectivity index (χ0n) is 11.6. The number of rotatable bonds is 3. The van der Waals surface area contributed by atoms with E-state index in [0.29, 0.717) is 0 Å². The summed E-state index contributed by atoms with van der Waals surface area (Å²) >= 11 is 0. The van der Waals surface area contributed by atoms with Gasteiger partial charge in [0.05, 0.1) is 5.69 Å². The van der Waals surface area contributed by atoms with Crippen LogP contribution < -0.4 is 0 Å². The minimum atomic E-state index is 0.724. The fourth-order valence-electron chi connectivity index (χ4n) is 2.99. The summed E-state index contributed by atoms with van der Waals surface area (Å²) in [5.74, 6) is 1.62. The number of benzene rings is 1. The maximum Gasteiger partial charge on any atom is 0.226 e. The molecule has 1 aliphatic rings. The lowest BCUT2D eigenvalue weighted by molar-refractivity contribution is 0.356. The first kappa shape index (κ1) is 12.5. The smallest absolute Gasteiger partial charge is 0.226 e. The molecule has 0 saturated heterocycles. The minimum Gasteiger partial charge on any atom is -0.444 e. The van der Waals surface area contributed by atoms with E-state index in [4.69, 9.17) is 4.42 Å². The van der Waals surface area contributed by atoms with Crippen LogP contribution in [-0.4, -0.2) is 4.98 Å². The Morgan fingerprint density at radius 3 is 2.47 bits per heavy atom. The van der Waals surface area contributed by atoms with Gasteiger partial charge in [-0.3, -0.25) is 0 Å². The zero-order valence-corrected chi connectivity index (χ0v) is 11.6. The van der Waals surface area contributed by atoms with Gasteiger partial charge in [-0.05, 0) is 37.0 Å². The van der Waals surface area contributed by atoms with Gasteiger partial charge in [0.1, 0.15) is 6.26 Å². The van der Waals surface area contributed by atoms with Gasteiger partial charge in [-0.25, -0.2) is 4.98 Å². The summed E-state index contributed by atoms with van der Waals surface area (Å²) in [7, 11) is 0. The molecule has 0 bridgehead atoms. The summed E-state index contributed by atoms with van der Waals surface area (Å²) in [6.07, 6.45) is 9.99. The van der Waals surface area contributed by atoms with E-state index in [1.54, 1.807) is 6.26 Å². The largest absolute Gasteiger partial charge is 0.444 e. The average molecular weight is 255 g/mol. The summed E-state index contributed by atoms with van der Waals surface area (Å²) in [6.45, 7) is 1.95. The van der Waals surface area contributed by atoms with Gasteiger partial charge >= 0.3 is 0 Å². The van der Waals surface area contributed by atoms with E-state index in [-0.39, 0.29) is 0 Å². The molecule has 0 N–H and O–H groups in total. The molecule has 0 aliphatic heterocycles. The van der Waals surface area contributed by atoms with Crippen molar-refractivity contribution in [2.75, 3.05) is 0 Å².